The molecule has 3 aliphatic rings. The molecule has 3 N–H and O–H groups in total. The molecule has 14 nitrogen and oxygen atoms in total. The number of pyridine rings is 1. The van der Waals surface area contributed by atoms with E-state index in [2.05, 4.69) is 26.9 Å². The Morgan fingerprint density at radius 1 is 1.15 bits per heavy atom. The predicted octanol–water partition coefficient (Wildman–Crippen LogP) is 4.08. The van der Waals surface area contributed by atoms with Gasteiger partial charge in [0.1, 0.15) is 23.7 Å². The molecular weight excluding hydrogens is 725 g/mol. The molecule has 1 aromatic heterocycles. The Balaban J connectivity index is 1.29. The van der Waals surface area contributed by atoms with Crippen LogP contribution in [0.2, 0.25) is 0 Å². The quantitative estimate of drug-likeness (QED) is 0.285. The lowest BCUT2D eigenvalue weighted by molar-refractivity contribution is -0.142. The van der Waals surface area contributed by atoms with E-state index in [0.29, 0.717) is 18.7 Å². The summed E-state index contributed by atoms with van der Waals surface area (Å²) in [7, 11) is -2.97. The number of benzene rings is 2. The second-order valence-electron chi connectivity index (χ2n) is 15.4. The standard InChI is InChI=1S/C40H48N6O8S/c1-6-29-23-40(29,37(49)44-55(51,52)45(5)24-27-14-9-7-10-15-27)43-34(47)32-22-30-25-46(32)36(48)33(39(2,3)4)42-38(50)53-20-12-8-11-13-26-16-17-28-18-19-41-35(54-30)31(28)21-26/h6-7,9-11,13-19,21,29-30,32-33H,1,8,12,20,22-25H2,2-5H3,(H,42,50)(H,43,47)(H,44,49)/b13-11+/t29-,30-,32+,33-,40-/m1/s1. The van der Waals surface area contributed by atoms with Gasteiger partial charge in [-0.05, 0) is 53.3 Å². The molecule has 15 heteroatoms. The molecule has 4 bridgehead atoms. The number of hydrogen-bond acceptors (Lipinski definition) is 9. The second kappa shape index (κ2) is 15.8. The van der Waals surface area contributed by atoms with E-state index < -0.39 is 69.1 Å². The van der Waals surface area contributed by atoms with Gasteiger partial charge in [0.15, 0.2) is 0 Å². The van der Waals surface area contributed by atoms with Crippen molar-refractivity contribution in [2.75, 3.05) is 20.2 Å². The van der Waals surface area contributed by atoms with E-state index in [1.807, 2.05) is 42.5 Å². The number of carbonyl (C=O) groups is 4. The number of allylic oxidation sites excluding steroid dienone is 1. The Labute approximate surface area is 321 Å². The van der Waals surface area contributed by atoms with Crippen LogP contribution in [0.15, 0.2) is 79.5 Å². The van der Waals surface area contributed by atoms with E-state index in [9.17, 15) is 27.6 Å². The lowest BCUT2D eigenvalue weighted by Crippen LogP contribution is -2.60. The number of rotatable bonds is 8. The fourth-order valence-corrected chi connectivity index (χ4v) is 7.89. The molecule has 3 aromatic rings. The highest BCUT2D eigenvalue weighted by atomic mass is 32.2. The Morgan fingerprint density at radius 2 is 1.91 bits per heavy atom. The molecule has 6 rings (SSSR count). The van der Waals surface area contributed by atoms with Crippen LogP contribution in [0.1, 0.15) is 57.6 Å². The van der Waals surface area contributed by atoms with Crippen LogP contribution >= 0.6 is 0 Å². The minimum atomic E-state index is -4.32. The lowest BCUT2D eigenvalue weighted by atomic mass is 9.85. The van der Waals surface area contributed by atoms with E-state index >= 15 is 0 Å². The SMILES string of the molecule is C=C[C@@H]1C[C@]1(NC(=O)[C@@H]1C[C@@H]2CN1C(=O)[C@H](C(C)(C)C)NC(=O)OCCC/C=C/c1ccc3ccnc(c3c1)O2)C(=O)NS(=O)(=O)N(C)Cc1ccccc1. The zero-order valence-electron chi connectivity index (χ0n) is 31.5. The van der Waals surface area contributed by atoms with E-state index in [-0.39, 0.29) is 32.5 Å². The minimum Gasteiger partial charge on any atom is -0.472 e. The van der Waals surface area contributed by atoms with E-state index in [4.69, 9.17) is 9.47 Å². The summed E-state index contributed by atoms with van der Waals surface area (Å²) in [5, 5.41) is 7.16. The maximum atomic E-state index is 14.5. The highest BCUT2D eigenvalue weighted by molar-refractivity contribution is 7.87. The van der Waals surface area contributed by atoms with Gasteiger partial charge in [0.2, 0.25) is 17.7 Å². The van der Waals surface area contributed by atoms with Crippen molar-refractivity contribution in [2.45, 2.75) is 76.7 Å². The van der Waals surface area contributed by atoms with Crippen LogP contribution in [0.3, 0.4) is 0 Å². The maximum Gasteiger partial charge on any atom is 0.407 e. The average molecular weight is 773 g/mol. The summed E-state index contributed by atoms with van der Waals surface area (Å²) in [6.45, 7) is 9.26. The summed E-state index contributed by atoms with van der Waals surface area (Å²) in [6.07, 6.45) is 6.92. The number of carbonyl (C=O) groups excluding carboxylic acids is 4. The Kier molecular flexibility index (Phi) is 11.3. The third kappa shape index (κ3) is 8.83. The van der Waals surface area contributed by atoms with Crippen LogP contribution in [0, 0.1) is 11.3 Å². The van der Waals surface area contributed by atoms with Gasteiger partial charge in [-0.2, -0.15) is 12.7 Å². The summed E-state index contributed by atoms with van der Waals surface area (Å²) >= 11 is 0. The van der Waals surface area contributed by atoms with Crippen LogP contribution in [-0.4, -0.2) is 90.3 Å². The molecule has 2 fully saturated rings. The van der Waals surface area contributed by atoms with Crippen molar-refractivity contribution in [1.29, 1.82) is 0 Å². The minimum absolute atomic E-state index is 0.00826. The third-order valence-corrected chi connectivity index (χ3v) is 11.6. The van der Waals surface area contributed by atoms with Crippen molar-refractivity contribution < 1.29 is 37.1 Å². The zero-order chi connectivity index (χ0) is 39.5. The van der Waals surface area contributed by atoms with E-state index in [1.165, 1.54) is 18.0 Å². The average Bonchev–Trinajstić information content (AvgIpc) is 3.70. The molecular formula is C40H48N6O8S. The number of aromatic nitrogens is 1. The normalized spacial score (nSPS) is 25.2. The van der Waals surface area contributed by atoms with Crippen LogP contribution in [0.5, 0.6) is 5.88 Å². The van der Waals surface area contributed by atoms with Gasteiger partial charge in [0.25, 0.3) is 5.91 Å². The summed E-state index contributed by atoms with van der Waals surface area (Å²) in [5.74, 6) is -2.40. The molecule has 0 spiro atoms. The van der Waals surface area contributed by atoms with Gasteiger partial charge in [-0.3, -0.25) is 14.4 Å². The summed E-state index contributed by atoms with van der Waals surface area (Å²) in [5.41, 5.74) is -0.808. The largest absolute Gasteiger partial charge is 0.472 e. The fourth-order valence-electron chi connectivity index (χ4n) is 7.00. The topological polar surface area (TPSA) is 176 Å². The van der Waals surface area contributed by atoms with Crippen molar-refractivity contribution in [1.82, 2.24) is 29.5 Å². The summed E-state index contributed by atoms with van der Waals surface area (Å²) in [6, 6.07) is 14.4. The maximum absolute atomic E-state index is 14.5. The Morgan fingerprint density at radius 3 is 2.62 bits per heavy atom. The summed E-state index contributed by atoms with van der Waals surface area (Å²) in [4.78, 5) is 61.5. The van der Waals surface area contributed by atoms with E-state index in [0.717, 1.165) is 26.2 Å². The lowest BCUT2D eigenvalue weighted by Gasteiger charge is -2.35. The van der Waals surface area contributed by atoms with Crippen molar-refractivity contribution in [2.24, 2.45) is 11.3 Å². The first kappa shape index (κ1) is 39.4. The van der Waals surface area contributed by atoms with Crippen LogP contribution < -0.4 is 20.1 Å². The van der Waals surface area contributed by atoms with Gasteiger partial charge in [0, 0.05) is 37.5 Å². The molecule has 3 heterocycles. The molecule has 1 aliphatic carbocycles. The van der Waals surface area contributed by atoms with Crippen LogP contribution in [0.25, 0.3) is 16.8 Å². The highest BCUT2D eigenvalue weighted by Gasteiger charge is 2.61. The number of hydrogen-bond donors (Lipinski definition) is 3. The van der Waals surface area contributed by atoms with Gasteiger partial charge in [0.05, 0.1) is 13.2 Å². The number of fused-ring (bicyclic) bond motifs is 3. The number of cyclic esters (lactones) is 1. The fraction of sp³-hybridized carbons (Fsp3) is 0.425. The smallest absolute Gasteiger partial charge is 0.407 e. The predicted molar refractivity (Wildman–Crippen MR) is 206 cm³/mol. The van der Waals surface area contributed by atoms with Gasteiger partial charge in [-0.1, -0.05) is 81.5 Å². The molecule has 0 unspecified atom stereocenters. The zero-order valence-corrected chi connectivity index (χ0v) is 32.3. The van der Waals surface area contributed by atoms with Crippen molar-refractivity contribution >= 4 is 50.9 Å². The van der Waals surface area contributed by atoms with Crippen LogP contribution in [-0.2, 0) is 35.9 Å². The number of nitrogens with one attached hydrogen (secondary N) is 3. The monoisotopic (exact) mass is 772 g/mol. The van der Waals surface area contributed by atoms with Gasteiger partial charge < -0.3 is 25.0 Å². The Hall–Kier alpha value is -5.28. The molecule has 0 radical (unpaired) electrons. The molecule has 55 heavy (non-hydrogen) atoms. The highest BCUT2D eigenvalue weighted by Crippen LogP contribution is 2.45. The molecule has 2 aliphatic heterocycles. The molecule has 1 saturated carbocycles. The molecule has 4 amide bonds. The first-order chi connectivity index (χ1) is 26.1. The second-order valence-corrected chi connectivity index (χ2v) is 17.2. The van der Waals surface area contributed by atoms with Crippen molar-refractivity contribution in [3.05, 3.63) is 90.7 Å². The molecule has 292 valence electrons. The van der Waals surface area contributed by atoms with Gasteiger partial charge in [-0.15, -0.1) is 6.58 Å². The van der Waals surface area contributed by atoms with Gasteiger partial charge in [-0.25, -0.2) is 14.5 Å². The summed E-state index contributed by atoms with van der Waals surface area (Å²) < 4.78 is 41.7. The van der Waals surface area contributed by atoms with Crippen LogP contribution in [0.4, 0.5) is 4.79 Å². The number of amides is 4. The number of nitrogens with zero attached hydrogens (tertiary/aromatic N) is 3. The van der Waals surface area contributed by atoms with Crippen molar-refractivity contribution in [3.8, 4) is 5.88 Å². The third-order valence-electron chi connectivity index (χ3n) is 10.2. The molecule has 5 atom stereocenters. The van der Waals surface area contributed by atoms with Crippen molar-refractivity contribution in [3.63, 3.8) is 0 Å². The number of ether oxygens (including phenoxy) is 2. The first-order valence-corrected chi connectivity index (χ1v) is 19.8. The Bertz CT molecular complexity index is 2100. The van der Waals surface area contributed by atoms with Gasteiger partial charge >= 0.3 is 16.3 Å². The first-order valence-electron chi connectivity index (χ1n) is 18.3. The molecule has 1 saturated heterocycles. The van der Waals surface area contributed by atoms with E-state index in [1.54, 1.807) is 51.2 Å². The number of alkyl carbamates (subject to hydrolysis) is 1. The molecule has 2 aromatic carbocycles.